The van der Waals surface area contributed by atoms with Gasteiger partial charge in [-0.3, -0.25) is 14.7 Å². The highest BCUT2D eigenvalue weighted by Crippen LogP contribution is 2.29. The average Bonchev–Trinajstić information content (AvgIpc) is 3.62. The lowest BCUT2D eigenvalue weighted by Gasteiger charge is -2.40. The molecule has 1 unspecified atom stereocenters. The molecule has 1 saturated heterocycles. The van der Waals surface area contributed by atoms with Crippen molar-refractivity contribution in [3.8, 4) is 11.4 Å². The van der Waals surface area contributed by atoms with Crippen LogP contribution in [0, 0.1) is 4.78 Å². The van der Waals surface area contributed by atoms with Crippen molar-refractivity contribution in [3.63, 3.8) is 0 Å². The number of thiophene rings is 1. The van der Waals surface area contributed by atoms with E-state index in [1.807, 2.05) is 35.7 Å². The van der Waals surface area contributed by atoms with Gasteiger partial charge in [-0.25, -0.2) is 14.0 Å². The van der Waals surface area contributed by atoms with Gasteiger partial charge in [-0.1, -0.05) is 25.8 Å². The Hall–Kier alpha value is -3.12. The number of benzene rings is 1. The standard InChI is InChI=1S/C28H35N7O2S2/c1-3-5-6-14-33-15-16-35(39(29,37)26-10-8-17-38-26)25(20-33)28(36)31-22-11-12-24-23(18-22)32-27(34(24)4-2)21-9-7-13-30-19-21/h7-13,17-19,25,29H,3-6,14-16,20H2,1-2H3,(H,31,36)/t25-,39?/m0/s1. The van der Waals surface area contributed by atoms with Crippen molar-refractivity contribution in [2.24, 2.45) is 0 Å². The molecule has 4 aromatic rings. The van der Waals surface area contributed by atoms with Crippen LogP contribution in [0.5, 0.6) is 0 Å². The summed E-state index contributed by atoms with van der Waals surface area (Å²) in [6.07, 6.45) is 6.85. The molecule has 0 saturated carbocycles. The van der Waals surface area contributed by atoms with E-state index in [9.17, 15) is 9.00 Å². The number of hydrogen-bond acceptors (Lipinski definition) is 7. The highest BCUT2D eigenvalue weighted by Gasteiger charge is 2.38. The van der Waals surface area contributed by atoms with E-state index in [0.29, 0.717) is 29.5 Å². The molecule has 1 fully saturated rings. The number of carbonyl (C=O) groups is 1. The predicted molar refractivity (Wildman–Crippen MR) is 157 cm³/mol. The summed E-state index contributed by atoms with van der Waals surface area (Å²) in [6.45, 7) is 7.41. The van der Waals surface area contributed by atoms with Gasteiger partial charge in [0.2, 0.25) is 5.91 Å². The van der Waals surface area contributed by atoms with Crippen LogP contribution in [0.25, 0.3) is 22.4 Å². The van der Waals surface area contributed by atoms with Gasteiger partial charge < -0.3 is 9.88 Å². The van der Waals surface area contributed by atoms with E-state index in [0.717, 1.165) is 54.8 Å². The number of nitrogens with zero attached hydrogens (tertiary/aromatic N) is 5. The highest BCUT2D eigenvalue weighted by atomic mass is 32.2. The minimum absolute atomic E-state index is 0.256. The van der Waals surface area contributed by atoms with Crippen molar-refractivity contribution >= 4 is 43.9 Å². The zero-order valence-corrected chi connectivity index (χ0v) is 24.0. The summed E-state index contributed by atoms with van der Waals surface area (Å²) in [6, 6.07) is 12.4. The second kappa shape index (κ2) is 12.0. The van der Waals surface area contributed by atoms with Crippen LogP contribution in [-0.4, -0.2) is 66.1 Å². The van der Waals surface area contributed by atoms with Gasteiger partial charge in [0.15, 0.2) is 0 Å². The van der Waals surface area contributed by atoms with E-state index in [4.69, 9.17) is 9.76 Å². The monoisotopic (exact) mass is 565 g/mol. The number of unbranched alkanes of at least 4 members (excludes halogenated alkanes) is 2. The molecular formula is C28H35N7O2S2. The third-order valence-corrected chi connectivity index (χ3v) is 10.6. The lowest BCUT2D eigenvalue weighted by atomic mass is 10.1. The number of aryl methyl sites for hydroxylation is 1. The maximum atomic E-state index is 13.7. The largest absolute Gasteiger partial charge is 0.325 e. The van der Waals surface area contributed by atoms with E-state index in [2.05, 4.69) is 33.6 Å². The normalized spacial score (nSPS) is 18.3. The maximum Gasteiger partial charge on any atom is 0.244 e. The van der Waals surface area contributed by atoms with E-state index in [-0.39, 0.29) is 5.91 Å². The van der Waals surface area contributed by atoms with Crippen LogP contribution in [0.15, 0.2) is 64.4 Å². The van der Waals surface area contributed by atoms with Crippen molar-refractivity contribution in [3.05, 3.63) is 60.2 Å². The van der Waals surface area contributed by atoms with Crippen molar-refractivity contribution in [2.45, 2.75) is 49.9 Å². The second-order valence-corrected chi connectivity index (χ2v) is 12.9. The van der Waals surface area contributed by atoms with Gasteiger partial charge in [-0.15, -0.1) is 11.3 Å². The van der Waals surface area contributed by atoms with Crippen LogP contribution in [0.4, 0.5) is 5.69 Å². The average molecular weight is 566 g/mol. The first-order valence-corrected chi connectivity index (χ1v) is 15.8. The van der Waals surface area contributed by atoms with E-state index >= 15 is 0 Å². The van der Waals surface area contributed by atoms with Gasteiger partial charge in [0.25, 0.3) is 0 Å². The first-order valence-electron chi connectivity index (χ1n) is 13.5. The number of hydrogen-bond donors (Lipinski definition) is 2. The third-order valence-electron chi connectivity index (χ3n) is 7.15. The number of rotatable bonds is 10. The molecule has 1 aromatic carbocycles. The van der Waals surface area contributed by atoms with Crippen LogP contribution in [0.1, 0.15) is 33.1 Å². The fraction of sp³-hybridized carbons (Fsp3) is 0.393. The molecule has 4 heterocycles. The summed E-state index contributed by atoms with van der Waals surface area (Å²) < 4.78 is 26.7. The highest BCUT2D eigenvalue weighted by molar-refractivity contribution is 7.92. The summed E-state index contributed by atoms with van der Waals surface area (Å²) in [5.41, 5.74) is 3.31. The molecule has 1 aliphatic heterocycles. The van der Waals surface area contributed by atoms with Gasteiger partial charge in [0.1, 0.15) is 26.0 Å². The molecule has 0 spiro atoms. The van der Waals surface area contributed by atoms with Crippen LogP contribution in [-0.2, 0) is 21.3 Å². The maximum absolute atomic E-state index is 13.7. The van der Waals surface area contributed by atoms with Crippen molar-refractivity contribution in [2.75, 3.05) is 31.5 Å². The third kappa shape index (κ3) is 5.76. The first-order chi connectivity index (χ1) is 18.9. The Morgan fingerprint density at radius 3 is 2.77 bits per heavy atom. The number of amides is 1. The molecule has 0 radical (unpaired) electrons. The Kier molecular flexibility index (Phi) is 8.41. The Labute approximate surface area is 234 Å². The zero-order valence-electron chi connectivity index (χ0n) is 22.4. The second-order valence-electron chi connectivity index (χ2n) is 9.74. The summed E-state index contributed by atoms with van der Waals surface area (Å²) in [7, 11) is -3.28. The van der Waals surface area contributed by atoms with Crippen molar-refractivity contribution in [1.29, 1.82) is 4.78 Å². The minimum atomic E-state index is -3.28. The van der Waals surface area contributed by atoms with Crippen molar-refractivity contribution < 1.29 is 9.00 Å². The SMILES string of the molecule is CCCCCN1CCN(S(=N)(=O)c2cccs2)[C@H](C(=O)Nc2ccc3c(c2)nc(-c2cccnc2)n3CC)C1. The van der Waals surface area contributed by atoms with Crippen LogP contribution >= 0.6 is 11.3 Å². The predicted octanol–water partition coefficient (Wildman–Crippen LogP) is 5.32. The molecule has 0 aliphatic carbocycles. The molecule has 206 valence electrons. The Morgan fingerprint density at radius 2 is 2.05 bits per heavy atom. The Balaban J connectivity index is 1.41. The number of nitrogens with one attached hydrogen (secondary N) is 2. The van der Waals surface area contributed by atoms with E-state index in [1.54, 1.807) is 28.8 Å². The molecular weight excluding hydrogens is 530 g/mol. The molecule has 11 heteroatoms. The fourth-order valence-corrected chi connectivity index (χ4v) is 7.92. The summed E-state index contributed by atoms with van der Waals surface area (Å²) >= 11 is 1.30. The number of imidazole rings is 1. The summed E-state index contributed by atoms with van der Waals surface area (Å²) in [5.74, 6) is 0.573. The van der Waals surface area contributed by atoms with Gasteiger partial charge in [0.05, 0.1) is 11.0 Å². The molecule has 9 nitrogen and oxygen atoms in total. The molecule has 3 aromatic heterocycles. The lowest BCUT2D eigenvalue weighted by Crippen LogP contribution is -2.59. The van der Waals surface area contributed by atoms with Gasteiger partial charge in [0, 0.05) is 49.8 Å². The number of aromatic nitrogens is 3. The smallest absolute Gasteiger partial charge is 0.244 e. The lowest BCUT2D eigenvalue weighted by molar-refractivity contribution is -0.121. The van der Waals surface area contributed by atoms with Crippen molar-refractivity contribution in [1.82, 2.24) is 23.7 Å². The number of piperazine rings is 1. The summed E-state index contributed by atoms with van der Waals surface area (Å²) in [5, 5.41) is 4.87. The van der Waals surface area contributed by atoms with Crippen LogP contribution in [0.2, 0.25) is 0 Å². The quantitative estimate of drug-likeness (QED) is 0.253. The summed E-state index contributed by atoms with van der Waals surface area (Å²) in [4.78, 5) is 25.1. The molecule has 39 heavy (non-hydrogen) atoms. The molecule has 0 bridgehead atoms. The van der Waals surface area contributed by atoms with Gasteiger partial charge >= 0.3 is 0 Å². The number of anilines is 1. The fourth-order valence-electron chi connectivity index (χ4n) is 5.14. The molecule has 2 atom stereocenters. The number of carbonyl (C=O) groups excluding carboxylic acids is 1. The van der Waals surface area contributed by atoms with Gasteiger partial charge in [-0.2, -0.15) is 4.31 Å². The van der Waals surface area contributed by atoms with Gasteiger partial charge in [-0.05, 0) is 61.7 Å². The Bertz CT molecular complexity index is 1520. The zero-order chi connectivity index (χ0) is 27.4. The first kappa shape index (κ1) is 27.4. The van der Waals surface area contributed by atoms with Crippen LogP contribution in [0.3, 0.4) is 0 Å². The molecule has 1 amide bonds. The van der Waals surface area contributed by atoms with E-state index < -0.39 is 16.0 Å². The van der Waals surface area contributed by atoms with Crippen LogP contribution < -0.4 is 5.32 Å². The topological polar surface area (TPSA) is 107 Å². The Morgan fingerprint density at radius 1 is 1.18 bits per heavy atom. The molecule has 1 aliphatic rings. The molecule has 5 rings (SSSR count). The molecule has 2 N–H and O–H groups in total. The number of fused-ring (bicyclic) bond motifs is 1. The minimum Gasteiger partial charge on any atom is -0.325 e. The van der Waals surface area contributed by atoms with E-state index in [1.165, 1.54) is 11.3 Å². The number of pyridine rings is 1.